The fraction of sp³-hybridized carbons (Fsp3) is 0.154. The maximum absolute atomic E-state index is 3.71. The molecule has 0 fully saturated rings. The molecule has 0 saturated heterocycles. The molecule has 2 aliphatic heterocycles. The van der Waals surface area contributed by atoms with Crippen molar-refractivity contribution >= 4 is 86.7 Å². The molecule has 0 atom stereocenters. The predicted octanol–water partition coefficient (Wildman–Crippen LogP) is 5.97. The molecule has 2 heterocycles. The van der Waals surface area contributed by atoms with Gasteiger partial charge in [-0.2, -0.15) is 0 Å². The van der Waals surface area contributed by atoms with E-state index in [0.29, 0.717) is 0 Å². The van der Waals surface area contributed by atoms with E-state index in [2.05, 4.69) is 116 Å². The zero-order valence-electron chi connectivity index (χ0n) is 17.5. The Balaban J connectivity index is 1.65. The van der Waals surface area contributed by atoms with Crippen LogP contribution in [-0.4, -0.2) is 26.5 Å². The van der Waals surface area contributed by atoms with Crippen molar-refractivity contribution in [3.05, 3.63) is 69.6 Å². The summed E-state index contributed by atoms with van der Waals surface area (Å²) in [6, 6.07) is 23.9. The molecule has 4 aromatic rings. The van der Waals surface area contributed by atoms with Gasteiger partial charge in [0, 0.05) is 0 Å². The van der Waals surface area contributed by atoms with Crippen LogP contribution < -0.4 is 17.6 Å². The van der Waals surface area contributed by atoms with Crippen LogP contribution in [0.5, 0.6) is 0 Å². The molecule has 0 unspecified atom stereocenters. The first-order valence-corrected chi connectivity index (χ1v) is 24.6. The Morgan fingerprint density at radius 1 is 0.467 bits per heavy atom. The molecule has 0 bridgehead atoms. The van der Waals surface area contributed by atoms with Crippen molar-refractivity contribution in [3.8, 4) is 22.3 Å². The summed E-state index contributed by atoms with van der Waals surface area (Å²) in [7, 11) is 0. The minimum atomic E-state index is -2.28. The van der Waals surface area contributed by atoms with Gasteiger partial charge in [0.2, 0.25) is 0 Å². The fourth-order valence-electron chi connectivity index (χ4n) is 5.66. The van der Waals surface area contributed by atoms with Crippen molar-refractivity contribution in [1.29, 1.82) is 0 Å². The van der Waals surface area contributed by atoms with Gasteiger partial charge in [0.05, 0.1) is 0 Å². The molecule has 0 spiro atoms. The van der Waals surface area contributed by atoms with E-state index in [1.54, 1.807) is 17.6 Å². The number of hydrogen-bond acceptors (Lipinski definition) is 0. The quantitative estimate of drug-likeness (QED) is 0.208. The van der Waals surface area contributed by atoms with E-state index in [9.17, 15) is 0 Å². The minimum absolute atomic E-state index is 1.20. The van der Waals surface area contributed by atoms with Crippen LogP contribution in [0.2, 0.25) is 23.0 Å². The average molecular weight is 639 g/mol. The van der Waals surface area contributed by atoms with Crippen LogP contribution in [0.3, 0.4) is 0 Å². The van der Waals surface area contributed by atoms with Crippen molar-refractivity contribution in [2.45, 2.75) is 23.0 Å². The van der Waals surface area contributed by atoms with Gasteiger partial charge < -0.3 is 0 Å². The topological polar surface area (TPSA) is 0 Å². The molecule has 148 valence electrons. The average Bonchev–Trinajstić information content (AvgIpc) is 3.04. The summed E-state index contributed by atoms with van der Waals surface area (Å²) >= 11 is 2.85. The first kappa shape index (κ1) is 19.8. The van der Waals surface area contributed by atoms with Crippen molar-refractivity contribution in [2.75, 3.05) is 0 Å². The molecule has 0 nitrogen and oxygen atoms in total. The van der Waals surface area contributed by atoms with Gasteiger partial charge in [-0.1, -0.05) is 0 Å². The van der Waals surface area contributed by atoms with Gasteiger partial charge in [0.25, 0.3) is 0 Å². The summed E-state index contributed by atoms with van der Waals surface area (Å²) in [5.41, 5.74) is 5.90. The van der Waals surface area contributed by atoms with E-state index < -0.39 is 26.5 Å². The van der Waals surface area contributed by atoms with E-state index in [1.165, 1.54) is 42.0 Å². The first-order chi connectivity index (χ1) is 14.2. The van der Waals surface area contributed by atoms with Crippen molar-refractivity contribution in [2.24, 2.45) is 0 Å². The Bertz CT molecular complexity index is 1310. The SMILES string of the molecule is [CH3][Ge]1([CH3])[c]2cc(Br)ccc2-c2cc3c[c]4c(cc3c[c]21)-c1ccc(Br)c[c]1[Ge]4([CH3])[CH3]. The molecule has 4 aromatic carbocycles. The van der Waals surface area contributed by atoms with Crippen LogP contribution >= 0.6 is 31.9 Å². The third-order valence-electron chi connectivity index (χ3n) is 7.35. The number of benzene rings is 4. The van der Waals surface area contributed by atoms with Crippen LogP contribution in [-0.2, 0) is 0 Å². The van der Waals surface area contributed by atoms with Gasteiger partial charge in [-0.05, 0) is 0 Å². The monoisotopic (exact) mass is 640 g/mol. The van der Waals surface area contributed by atoms with Crippen LogP contribution in [0, 0.1) is 0 Å². The van der Waals surface area contributed by atoms with Gasteiger partial charge in [-0.25, -0.2) is 0 Å². The summed E-state index contributed by atoms with van der Waals surface area (Å²) in [4.78, 5) is 0. The molecule has 2 aliphatic rings. The fourth-order valence-corrected chi connectivity index (χ4v) is 20.2. The number of rotatable bonds is 0. The molecule has 6 rings (SSSR count). The van der Waals surface area contributed by atoms with Crippen LogP contribution in [0.4, 0.5) is 0 Å². The number of halogens is 2. The van der Waals surface area contributed by atoms with E-state index in [0.717, 1.165) is 0 Å². The number of hydrogen-bond donors (Lipinski definition) is 0. The van der Waals surface area contributed by atoms with Gasteiger partial charge in [-0.15, -0.1) is 0 Å². The third kappa shape index (κ3) is 2.57. The summed E-state index contributed by atoms with van der Waals surface area (Å²) < 4.78 is 8.88. The van der Waals surface area contributed by atoms with Crippen molar-refractivity contribution in [3.63, 3.8) is 0 Å². The van der Waals surface area contributed by atoms with Crippen LogP contribution in [0.15, 0.2) is 69.6 Å². The van der Waals surface area contributed by atoms with Crippen LogP contribution in [0.25, 0.3) is 33.0 Å². The predicted molar refractivity (Wildman–Crippen MR) is 144 cm³/mol. The second-order valence-electron chi connectivity index (χ2n) is 9.77. The normalized spacial score (nSPS) is 16.9. The number of fused-ring (bicyclic) bond motifs is 7. The Morgan fingerprint density at radius 3 is 1.23 bits per heavy atom. The molecule has 0 saturated carbocycles. The van der Waals surface area contributed by atoms with Crippen molar-refractivity contribution in [1.82, 2.24) is 0 Å². The molecule has 0 N–H and O–H groups in total. The van der Waals surface area contributed by atoms with Gasteiger partial charge >= 0.3 is 202 Å². The second kappa shape index (κ2) is 6.37. The molecule has 0 amide bonds. The zero-order chi connectivity index (χ0) is 21.0. The third-order valence-corrected chi connectivity index (χ3v) is 23.1. The Kier molecular flexibility index (Phi) is 4.21. The van der Waals surface area contributed by atoms with Crippen LogP contribution in [0.1, 0.15) is 0 Å². The molecular formula is C26H22Br2Ge2. The van der Waals surface area contributed by atoms with Gasteiger partial charge in [0.1, 0.15) is 0 Å². The Morgan fingerprint density at radius 2 is 0.833 bits per heavy atom. The molecule has 0 aromatic heterocycles. The summed E-state index contributed by atoms with van der Waals surface area (Å²) in [5, 5.41) is 2.82. The second-order valence-corrected chi connectivity index (χ2v) is 29.8. The zero-order valence-corrected chi connectivity index (χ0v) is 24.9. The summed E-state index contributed by atoms with van der Waals surface area (Å²) in [6.07, 6.45) is 0. The van der Waals surface area contributed by atoms with Crippen molar-refractivity contribution < 1.29 is 0 Å². The Hall–Kier alpha value is -0.814. The van der Waals surface area contributed by atoms with E-state index >= 15 is 0 Å². The maximum atomic E-state index is 3.71. The van der Waals surface area contributed by atoms with E-state index in [1.807, 2.05) is 0 Å². The molecule has 4 heteroatoms. The summed E-state index contributed by atoms with van der Waals surface area (Å²) in [6.45, 7) is 0. The molecule has 0 aliphatic carbocycles. The van der Waals surface area contributed by atoms with E-state index in [-0.39, 0.29) is 0 Å². The van der Waals surface area contributed by atoms with Gasteiger partial charge in [0.15, 0.2) is 0 Å². The molecule has 0 radical (unpaired) electrons. The van der Waals surface area contributed by atoms with E-state index in [4.69, 9.17) is 0 Å². The summed E-state index contributed by atoms with van der Waals surface area (Å²) in [5.74, 6) is 10.2. The Labute approximate surface area is 200 Å². The molecular weight excluding hydrogens is 617 g/mol. The molecule has 30 heavy (non-hydrogen) atoms. The standard InChI is InChI=1S/C26H22Br2Ge2/c1-29(2)23-11-15-10-22-20-8-6-18(28)14-26(20)30(3,4)24(22)12-16(15)9-21(23)19-7-5-17(27)13-25(19)29/h5-14H,1-4H3. The first-order valence-electron chi connectivity index (χ1n) is 10.4. The van der Waals surface area contributed by atoms with Gasteiger partial charge in [-0.3, -0.25) is 0 Å².